The molecule has 0 bridgehead atoms. The van der Waals surface area contributed by atoms with Crippen LogP contribution >= 0.6 is 22.6 Å². The average molecular weight is 503 g/mol. The molecule has 0 saturated carbocycles. The number of alkyl halides is 1. The van der Waals surface area contributed by atoms with Gasteiger partial charge in [-0.25, -0.2) is 9.59 Å². The molecule has 0 N–H and O–H groups in total. The van der Waals surface area contributed by atoms with E-state index in [4.69, 9.17) is 14.2 Å². The van der Waals surface area contributed by atoms with Crippen molar-refractivity contribution in [1.82, 2.24) is 4.90 Å². The summed E-state index contributed by atoms with van der Waals surface area (Å²) >= 11 is 2.13. The number of hydrogen-bond acceptors (Lipinski definition) is 6. The van der Waals surface area contributed by atoms with Gasteiger partial charge in [-0.15, -0.1) is 0 Å². The van der Waals surface area contributed by atoms with Crippen LogP contribution in [-0.4, -0.2) is 52.2 Å². The number of likely N-dealkylation sites (tertiary alicyclic amines) is 1. The first-order valence-electron chi connectivity index (χ1n) is 9.03. The zero-order valence-electron chi connectivity index (χ0n) is 16.5. The minimum absolute atomic E-state index is 0.0785. The highest BCUT2D eigenvalue weighted by molar-refractivity contribution is 14.1. The third-order valence-electron chi connectivity index (χ3n) is 4.35. The van der Waals surface area contributed by atoms with Gasteiger partial charge in [-0.3, -0.25) is 9.69 Å². The Morgan fingerprint density at radius 3 is 2.32 bits per heavy atom. The molecular formula is C20H26INO6. The van der Waals surface area contributed by atoms with Gasteiger partial charge in [-0.2, -0.15) is 0 Å². The van der Waals surface area contributed by atoms with E-state index in [2.05, 4.69) is 22.6 Å². The summed E-state index contributed by atoms with van der Waals surface area (Å²) in [4.78, 5) is 39.3. The van der Waals surface area contributed by atoms with Crippen LogP contribution in [0.25, 0.3) is 0 Å². The van der Waals surface area contributed by atoms with Crippen LogP contribution in [0.1, 0.15) is 32.8 Å². The van der Waals surface area contributed by atoms with Gasteiger partial charge in [0.05, 0.1) is 13.0 Å². The molecule has 0 spiro atoms. The third-order valence-corrected chi connectivity index (χ3v) is 5.36. The van der Waals surface area contributed by atoms with Gasteiger partial charge in [-0.05, 0) is 32.8 Å². The minimum atomic E-state index is -1.07. The van der Waals surface area contributed by atoms with Gasteiger partial charge < -0.3 is 14.2 Å². The number of esters is 2. The van der Waals surface area contributed by atoms with Crippen molar-refractivity contribution in [3.05, 3.63) is 35.9 Å². The van der Waals surface area contributed by atoms with Crippen molar-refractivity contribution in [1.29, 1.82) is 0 Å². The van der Waals surface area contributed by atoms with Gasteiger partial charge in [0, 0.05) is 10.5 Å². The lowest BCUT2D eigenvalue weighted by atomic mass is 9.99. The minimum Gasteiger partial charge on any atom is -0.467 e. The standard InChI is InChI=1S/C20H26INO6/c1-20(2,3)28-17(23)15-10-14(11-21)22(16(15)18(24)26-4)19(25)27-12-13-8-6-5-7-9-13/h5-9,14-16H,10-12H2,1-4H3/t14?,15-,16-/m0/s1. The molecule has 7 nitrogen and oxygen atoms in total. The van der Waals surface area contributed by atoms with Crippen LogP contribution in [0, 0.1) is 5.92 Å². The lowest BCUT2D eigenvalue weighted by Gasteiger charge is -2.29. The molecule has 154 valence electrons. The van der Waals surface area contributed by atoms with E-state index >= 15 is 0 Å². The lowest BCUT2D eigenvalue weighted by Crippen LogP contribution is -2.49. The van der Waals surface area contributed by atoms with E-state index < -0.39 is 35.6 Å². The first-order valence-corrected chi connectivity index (χ1v) is 10.6. The van der Waals surface area contributed by atoms with Gasteiger partial charge in [-0.1, -0.05) is 52.9 Å². The Labute approximate surface area is 178 Å². The second-order valence-corrected chi connectivity index (χ2v) is 8.48. The van der Waals surface area contributed by atoms with Crippen molar-refractivity contribution >= 4 is 40.6 Å². The van der Waals surface area contributed by atoms with Crippen LogP contribution < -0.4 is 0 Å². The second kappa shape index (κ2) is 9.58. The predicted octanol–water partition coefficient (Wildman–Crippen LogP) is 3.33. The summed E-state index contributed by atoms with van der Waals surface area (Å²) in [6, 6.07) is 7.86. The highest BCUT2D eigenvalue weighted by Crippen LogP contribution is 2.34. The molecule has 1 saturated heterocycles. The molecule has 8 heteroatoms. The zero-order chi connectivity index (χ0) is 20.9. The highest BCUT2D eigenvalue weighted by atomic mass is 127. The average Bonchev–Trinajstić information content (AvgIpc) is 3.05. The van der Waals surface area contributed by atoms with E-state index in [9.17, 15) is 14.4 Å². The monoisotopic (exact) mass is 503 g/mol. The van der Waals surface area contributed by atoms with Crippen LogP contribution in [0.4, 0.5) is 4.79 Å². The zero-order valence-corrected chi connectivity index (χ0v) is 18.7. The molecule has 0 radical (unpaired) electrons. The van der Waals surface area contributed by atoms with Crippen molar-refractivity contribution in [2.45, 2.75) is 51.5 Å². The first kappa shape index (κ1) is 22.4. The summed E-state index contributed by atoms with van der Waals surface area (Å²) in [7, 11) is 1.24. The van der Waals surface area contributed by atoms with Crippen molar-refractivity contribution < 1.29 is 28.6 Å². The molecule has 1 aliphatic rings. The quantitative estimate of drug-likeness (QED) is 0.266. The number of halogens is 1. The molecule has 2 rings (SSSR count). The number of methoxy groups -OCH3 is 1. The molecule has 0 aliphatic carbocycles. The number of hydrogen-bond donors (Lipinski definition) is 0. The number of amides is 1. The van der Waals surface area contributed by atoms with E-state index in [1.165, 1.54) is 12.0 Å². The number of rotatable bonds is 5. The summed E-state index contributed by atoms with van der Waals surface area (Å²) in [5, 5.41) is 0. The van der Waals surface area contributed by atoms with Crippen molar-refractivity contribution in [2.75, 3.05) is 11.5 Å². The number of nitrogens with zero attached hydrogens (tertiary/aromatic N) is 1. The maximum Gasteiger partial charge on any atom is 0.411 e. The molecule has 28 heavy (non-hydrogen) atoms. The first-order chi connectivity index (χ1) is 13.2. The molecule has 1 aromatic carbocycles. The molecule has 1 aliphatic heterocycles. The fourth-order valence-electron chi connectivity index (χ4n) is 3.15. The smallest absolute Gasteiger partial charge is 0.411 e. The van der Waals surface area contributed by atoms with E-state index in [-0.39, 0.29) is 12.6 Å². The molecule has 3 atom stereocenters. The Morgan fingerprint density at radius 1 is 1.14 bits per heavy atom. The summed E-state index contributed by atoms with van der Waals surface area (Å²) in [5.74, 6) is -1.97. The van der Waals surface area contributed by atoms with Crippen LogP contribution in [0.2, 0.25) is 0 Å². The maximum absolute atomic E-state index is 12.8. The van der Waals surface area contributed by atoms with Crippen LogP contribution in [0.3, 0.4) is 0 Å². The molecule has 0 aromatic heterocycles. The van der Waals surface area contributed by atoms with Gasteiger partial charge >= 0.3 is 18.0 Å². The lowest BCUT2D eigenvalue weighted by molar-refractivity contribution is -0.165. The Balaban J connectivity index is 2.22. The predicted molar refractivity (Wildman–Crippen MR) is 111 cm³/mol. The van der Waals surface area contributed by atoms with E-state index in [0.29, 0.717) is 10.8 Å². The topological polar surface area (TPSA) is 82.1 Å². The Morgan fingerprint density at radius 2 is 1.79 bits per heavy atom. The summed E-state index contributed by atoms with van der Waals surface area (Å²) in [6.07, 6.45) is -0.329. The van der Waals surface area contributed by atoms with Gasteiger partial charge in [0.25, 0.3) is 0 Å². The van der Waals surface area contributed by atoms with Crippen LogP contribution in [0.5, 0.6) is 0 Å². The van der Waals surface area contributed by atoms with Gasteiger partial charge in [0.15, 0.2) is 0 Å². The summed E-state index contributed by atoms with van der Waals surface area (Å²) in [6.45, 7) is 5.35. The Kier molecular flexibility index (Phi) is 7.68. The largest absolute Gasteiger partial charge is 0.467 e. The van der Waals surface area contributed by atoms with Crippen molar-refractivity contribution in [2.24, 2.45) is 5.92 Å². The summed E-state index contributed by atoms with van der Waals surface area (Å²) in [5.41, 5.74) is 0.137. The third kappa shape index (κ3) is 5.59. The SMILES string of the molecule is COC(=O)[C@@H]1[C@@H](C(=O)OC(C)(C)C)CC(CI)N1C(=O)OCc1ccccc1. The molecule has 1 amide bonds. The Bertz CT molecular complexity index is 702. The number of carbonyl (C=O) groups is 3. The molecular weight excluding hydrogens is 477 g/mol. The highest BCUT2D eigenvalue weighted by Gasteiger charge is 2.52. The van der Waals surface area contributed by atoms with E-state index in [1.54, 1.807) is 20.8 Å². The Hall–Kier alpha value is -1.84. The van der Waals surface area contributed by atoms with Crippen LogP contribution in [0.15, 0.2) is 30.3 Å². The van der Waals surface area contributed by atoms with E-state index in [1.807, 2.05) is 30.3 Å². The van der Waals surface area contributed by atoms with Gasteiger partial charge in [0.2, 0.25) is 0 Å². The molecule has 1 heterocycles. The van der Waals surface area contributed by atoms with Crippen molar-refractivity contribution in [3.8, 4) is 0 Å². The molecule has 1 unspecified atom stereocenters. The van der Waals surface area contributed by atoms with Gasteiger partial charge in [0.1, 0.15) is 18.2 Å². The fraction of sp³-hybridized carbons (Fsp3) is 0.550. The number of benzene rings is 1. The van der Waals surface area contributed by atoms with Crippen molar-refractivity contribution in [3.63, 3.8) is 0 Å². The summed E-state index contributed by atoms with van der Waals surface area (Å²) < 4.78 is 16.3. The normalized spacial score (nSPS) is 21.9. The number of ether oxygens (including phenoxy) is 3. The second-order valence-electron chi connectivity index (χ2n) is 7.60. The maximum atomic E-state index is 12.8. The molecule has 1 aromatic rings. The fourth-order valence-corrected chi connectivity index (χ4v) is 3.94. The van der Waals surface area contributed by atoms with E-state index in [0.717, 1.165) is 5.56 Å². The number of carbonyl (C=O) groups excluding carboxylic acids is 3. The molecule has 1 fully saturated rings. The van der Waals surface area contributed by atoms with Crippen LogP contribution in [-0.2, 0) is 30.4 Å².